The van der Waals surface area contributed by atoms with Crippen LogP contribution in [0.15, 0.2) is 65.7 Å². The van der Waals surface area contributed by atoms with Crippen LogP contribution in [0.25, 0.3) is 16.7 Å². The standard InChI is InChI=1S/C25H25Cl2N5O4S/c1-25(2,3)23(24(33)34)32(37(35,36)19-13-16(26)12-17(27)14-19)18-5-6-20-15(11-18)9-10-31(20)22-8-7-21(28-4)29-30-22/h5-14,23H,1-4H3,(H,28,29)(H,33,34). The monoisotopic (exact) mass is 561 g/mol. The summed E-state index contributed by atoms with van der Waals surface area (Å²) in [4.78, 5) is 12.3. The van der Waals surface area contributed by atoms with Gasteiger partial charge in [0.05, 0.1) is 16.1 Å². The van der Waals surface area contributed by atoms with E-state index in [-0.39, 0.29) is 20.6 Å². The maximum absolute atomic E-state index is 14.0. The Kier molecular flexibility index (Phi) is 7.11. The fourth-order valence-electron chi connectivity index (χ4n) is 4.09. The molecule has 1 unspecified atom stereocenters. The van der Waals surface area contributed by atoms with E-state index in [0.29, 0.717) is 17.0 Å². The van der Waals surface area contributed by atoms with E-state index in [9.17, 15) is 18.3 Å². The lowest BCUT2D eigenvalue weighted by Crippen LogP contribution is -2.52. The van der Waals surface area contributed by atoms with E-state index in [2.05, 4.69) is 15.5 Å². The second kappa shape index (κ2) is 9.85. The van der Waals surface area contributed by atoms with Gasteiger partial charge in [0.2, 0.25) is 0 Å². The summed E-state index contributed by atoms with van der Waals surface area (Å²) in [7, 11) is -2.66. The van der Waals surface area contributed by atoms with Gasteiger partial charge >= 0.3 is 5.97 Å². The SMILES string of the molecule is CNc1ccc(-n2ccc3cc(N(C(C(=O)O)C(C)(C)C)S(=O)(=O)c4cc(Cl)cc(Cl)c4)ccc32)nn1. The minimum absolute atomic E-state index is 0.117. The smallest absolute Gasteiger partial charge is 0.328 e. The highest BCUT2D eigenvalue weighted by Gasteiger charge is 2.43. The Morgan fingerprint density at radius 2 is 1.70 bits per heavy atom. The number of aromatic nitrogens is 3. The molecule has 0 aliphatic heterocycles. The van der Waals surface area contributed by atoms with Crippen LogP contribution in [-0.2, 0) is 14.8 Å². The summed E-state index contributed by atoms with van der Waals surface area (Å²) in [5.74, 6) is -0.106. The van der Waals surface area contributed by atoms with Crippen LogP contribution < -0.4 is 9.62 Å². The van der Waals surface area contributed by atoms with Crippen LogP contribution >= 0.6 is 23.2 Å². The van der Waals surface area contributed by atoms with Crippen LogP contribution in [0, 0.1) is 5.41 Å². The predicted molar refractivity (Wildman–Crippen MR) is 145 cm³/mol. The van der Waals surface area contributed by atoms with E-state index in [4.69, 9.17) is 23.2 Å². The van der Waals surface area contributed by atoms with Crippen molar-refractivity contribution >= 4 is 61.6 Å². The van der Waals surface area contributed by atoms with Gasteiger partial charge in [-0.25, -0.2) is 13.2 Å². The molecule has 0 saturated heterocycles. The number of anilines is 2. The summed E-state index contributed by atoms with van der Waals surface area (Å²) in [6, 6.07) is 12.8. The second-order valence-corrected chi connectivity index (χ2v) is 12.2. The number of hydrogen-bond acceptors (Lipinski definition) is 6. The summed E-state index contributed by atoms with van der Waals surface area (Å²) < 4.78 is 30.7. The molecule has 0 aliphatic carbocycles. The third-order valence-corrected chi connectivity index (χ3v) is 7.97. The van der Waals surface area contributed by atoms with Gasteiger partial charge < -0.3 is 10.4 Å². The van der Waals surface area contributed by atoms with Gasteiger partial charge in [-0.1, -0.05) is 44.0 Å². The van der Waals surface area contributed by atoms with Crippen LogP contribution in [-0.4, -0.2) is 47.3 Å². The van der Waals surface area contributed by atoms with Gasteiger partial charge in [0, 0.05) is 28.7 Å². The molecule has 0 aliphatic rings. The first-order valence-electron chi connectivity index (χ1n) is 11.2. The minimum Gasteiger partial charge on any atom is -0.480 e. The molecule has 0 amide bonds. The third-order valence-electron chi connectivity index (χ3n) is 5.76. The number of carboxylic acid groups (broad SMARTS) is 1. The molecule has 2 aromatic carbocycles. The number of carboxylic acids is 1. The van der Waals surface area contributed by atoms with Crippen LogP contribution in [0.3, 0.4) is 0 Å². The Morgan fingerprint density at radius 1 is 1.03 bits per heavy atom. The highest BCUT2D eigenvalue weighted by atomic mass is 35.5. The molecule has 2 N–H and O–H groups in total. The maximum Gasteiger partial charge on any atom is 0.328 e. The zero-order valence-corrected chi connectivity index (χ0v) is 22.8. The minimum atomic E-state index is -4.40. The average Bonchev–Trinajstić information content (AvgIpc) is 3.24. The van der Waals surface area contributed by atoms with Gasteiger partial charge in [0.15, 0.2) is 5.82 Å². The summed E-state index contributed by atoms with van der Waals surface area (Å²) >= 11 is 12.2. The highest BCUT2D eigenvalue weighted by molar-refractivity contribution is 7.93. The molecule has 0 bridgehead atoms. The van der Waals surface area contributed by atoms with Crippen molar-refractivity contribution in [2.24, 2.45) is 5.41 Å². The molecule has 0 radical (unpaired) electrons. The molecular weight excluding hydrogens is 537 g/mol. The molecule has 194 valence electrons. The van der Waals surface area contributed by atoms with Crippen molar-refractivity contribution in [3.05, 3.63) is 70.8 Å². The average molecular weight is 562 g/mol. The largest absolute Gasteiger partial charge is 0.480 e. The summed E-state index contributed by atoms with van der Waals surface area (Å²) in [5.41, 5.74) is -0.0476. The van der Waals surface area contributed by atoms with Crippen molar-refractivity contribution in [1.82, 2.24) is 14.8 Å². The zero-order valence-electron chi connectivity index (χ0n) is 20.5. The molecule has 2 aromatic heterocycles. The molecule has 0 spiro atoms. The van der Waals surface area contributed by atoms with Crippen molar-refractivity contribution in [2.75, 3.05) is 16.7 Å². The first kappa shape index (κ1) is 26.7. The van der Waals surface area contributed by atoms with Crippen molar-refractivity contribution < 1.29 is 18.3 Å². The molecule has 37 heavy (non-hydrogen) atoms. The molecule has 2 heterocycles. The van der Waals surface area contributed by atoms with Gasteiger partial charge in [0.1, 0.15) is 11.9 Å². The van der Waals surface area contributed by atoms with Crippen molar-refractivity contribution in [2.45, 2.75) is 31.7 Å². The molecule has 1 atom stereocenters. The number of fused-ring (bicyclic) bond motifs is 1. The first-order valence-corrected chi connectivity index (χ1v) is 13.4. The van der Waals surface area contributed by atoms with E-state index in [1.165, 1.54) is 18.2 Å². The number of rotatable bonds is 7. The molecule has 9 nitrogen and oxygen atoms in total. The van der Waals surface area contributed by atoms with Crippen LogP contribution in [0.4, 0.5) is 11.5 Å². The third kappa shape index (κ3) is 5.22. The van der Waals surface area contributed by atoms with E-state index in [1.807, 2.05) is 0 Å². The van der Waals surface area contributed by atoms with E-state index in [1.54, 1.807) is 75.0 Å². The normalized spacial score (nSPS) is 12.9. The second-order valence-electron chi connectivity index (χ2n) is 9.47. The lowest BCUT2D eigenvalue weighted by molar-refractivity contribution is -0.140. The maximum atomic E-state index is 14.0. The fourth-order valence-corrected chi connectivity index (χ4v) is 6.60. The van der Waals surface area contributed by atoms with E-state index in [0.717, 1.165) is 9.82 Å². The number of benzene rings is 2. The lowest BCUT2D eigenvalue weighted by atomic mass is 9.86. The number of carbonyl (C=O) groups is 1. The Balaban J connectivity index is 1.90. The highest BCUT2D eigenvalue weighted by Crippen LogP contribution is 2.37. The molecular formula is C25H25Cl2N5O4S. The van der Waals surface area contributed by atoms with Gasteiger partial charge in [-0.2, -0.15) is 0 Å². The number of hydrogen-bond donors (Lipinski definition) is 2. The van der Waals surface area contributed by atoms with Gasteiger partial charge in [-0.15, -0.1) is 10.2 Å². The summed E-state index contributed by atoms with van der Waals surface area (Å²) in [5, 5.41) is 22.3. The molecule has 4 aromatic rings. The van der Waals surface area contributed by atoms with Gasteiger partial charge in [-0.3, -0.25) is 8.87 Å². The quantitative estimate of drug-likeness (QED) is 0.307. The van der Waals surface area contributed by atoms with Crippen molar-refractivity contribution in [3.8, 4) is 5.82 Å². The fraction of sp³-hybridized carbons (Fsp3) is 0.240. The molecule has 4 rings (SSSR count). The van der Waals surface area contributed by atoms with Crippen molar-refractivity contribution in [3.63, 3.8) is 0 Å². The first-order chi connectivity index (χ1) is 17.3. The molecule has 0 saturated carbocycles. The Bertz CT molecular complexity index is 1560. The molecule has 0 fully saturated rings. The number of nitrogens with one attached hydrogen (secondary N) is 1. The zero-order chi connectivity index (χ0) is 27.1. The Morgan fingerprint density at radius 3 is 2.24 bits per heavy atom. The molecule has 12 heteroatoms. The Hall–Kier alpha value is -3.34. The van der Waals surface area contributed by atoms with E-state index >= 15 is 0 Å². The van der Waals surface area contributed by atoms with Crippen molar-refractivity contribution in [1.29, 1.82) is 0 Å². The number of halogens is 2. The topological polar surface area (TPSA) is 117 Å². The number of nitrogens with zero attached hydrogens (tertiary/aromatic N) is 4. The number of sulfonamides is 1. The van der Waals surface area contributed by atoms with Crippen LogP contribution in [0.1, 0.15) is 20.8 Å². The summed E-state index contributed by atoms with van der Waals surface area (Å²) in [6.07, 6.45) is 1.78. The van der Waals surface area contributed by atoms with Gasteiger partial charge in [0.25, 0.3) is 10.0 Å². The number of aliphatic carboxylic acids is 1. The van der Waals surface area contributed by atoms with Crippen LogP contribution in [0.2, 0.25) is 10.0 Å². The van der Waals surface area contributed by atoms with E-state index < -0.39 is 27.4 Å². The Labute approximate surface area is 224 Å². The lowest BCUT2D eigenvalue weighted by Gasteiger charge is -2.37. The summed E-state index contributed by atoms with van der Waals surface area (Å²) in [6.45, 7) is 5.01. The van der Waals surface area contributed by atoms with Crippen LogP contribution in [0.5, 0.6) is 0 Å². The van der Waals surface area contributed by atoms with Gasteiger partial charge in [-0.05, 0) is 60.0 Å². The predicted octanol–water partition coefficient (Wildman–Crippen LogP) is 5.46.